The fourth-order valence-corrected chi connectivity index (χ4v) is 3.20. The highest BCUT2D eigenvalue weighted by Gasteiger charge is 2.21. The van der Waals surface area contributed by atoms with Gasteiger partial charge in [-0.2, -0.15) is 0 Å². The van der Waals surface area contributed by atoms with Crippen LogP contribution in [0.3, 0.4) is 0 Å². The third kappa shape index (κ3) is 3.22. The minimum Gasteiger partial charge on any atom is -0.454 e. The van der Waals surface area contributed by atoms with Crippen LogP contribution in [0.4, 0.5) is 5.69 Å². The standard InChI is InChI=1S/C20H19NO5/c1-12(19(22)21-16-7-8-17-18(10-16)25-11-24-17)26-20(23)15-6-5-13-3-2-4-14(13)9-15/h5-10,12H,2-4,11H2,1H3,(H,21,22)/t12-/m1/s1. The molecule has 0 aromatic heterocycles. The highest BCUT2D eigenvalue weighted by Crippen LogP contribution is 2.34. The van der Waals surface area contributed by atoms with Gasteiger partial charge in [0.2, 0.25) is 6.79 Å². The van der Waals surface area contributed by atoms with Gasteiger partial charge >= 0.3 is 5.97 Å². The molecule has 0 saturated heterocycles. The molecule has 2 aliphatic rings. The third-order valence-electron chi connectivity index (χ3n) is 4.63. The van der Waals surface area contributed by atoms with Gasteiger partial charge in [0.05, 0.1) is 5.56 Å². The lowest BCUT2D eigenvalue weighted by molar-refractivity contribution is -0.123. The number of aryl methyl sites for hydroxylation is 2. The Morgan fingerprint density at radius 3 is 2.73 bits per heavy atom. The van der Waals surface area contributed by atoms with E-state index >= 15 is 0 Å². The number of hydrogen-bond donors (Lipinski definition) is 1. The van der Waals surface area contributed by atoms with Crippen molar-refractivity contribution in [2.24, 2.45) is 0 Å². The molecule has 4 rings (SSSR count). The average Bonchev–Trinajstić information content (AvgIpc) is 3.29. The van der Waals surface area contributed by atoms with E-state index in [1.807, 2.05) is 12.1 Å². The van der Waals surface area contributed by atoms with Gasteiger partial charge in [-0.25, -0.2) is 4.79 Å². The van der Waals surface area contributed by atoms with Gasteiger partial charge in [-0.15, -0.1) is 0 Å². The monoisotopic (exact) mass is 353 g/mol. The Balaban J connectivity index is 1.38. The van der Waals surface area contributed by atoms with E-state index in [0.29, 0.717) is 22.7 Å². The molecule has 0 bridgehead atoms. The molecular weight excluding hydrogens is 334 g/mol. The molecule has 26 heavy (non-hydrogen) atoms. The molecule has 1 atom stereocenters. The lowest BCUT2D eigenvalue weighted by atomic mass is 10.1. The Labute approximate surface area is 151 Å². The lowest BCUT2D eigenvalue weighted by Gasteiger charge is -2.14. The summed E-state index contributed by atoms with van der Waals surface area (Å²) in [6.45, 7) is 1.72. The third-order valence-corrected chi connectivity index (χ3v) is 4.63. The molecule has 1 heterocycles. The summed E-state index contributed by atoms with van der Waals surface area (Å²) in [6, 6.07) is 10.7. The van der Waals surface area contributed by atoms with Crippen LogP contribution < -0.4 is 14.8 Å². The Morgan fingerprint density at radius 2 is 1.85 bits per heavy atom. The van der Waals surface area contributed by atoms with E-state index in [1.54, 1.807) is 31.2 Å². The highest BCUT2D eigenvalue weighted by atomic mass is 16.7. The molecule has 2 aromatic rings. The van der Waals surface area contributed by atoms with Gasteiger partial charge in [0.25, 0.3) is 5.91 Å². The summed E-state index contributed by atoms with van der Waals surface area (Å²) in [6.07, 6.45) is 2.24. The van der Waals surface area contributed by atoms with Gasteiger partial charge in [0, 0.05) is 11.8 Å². The molecule has 0 radical (unpaired) electrons. The fraction of sp³-hybridized carbons (Fsp3) is 0.300. The molecule has 134 valence electrons. The van der Waals surface area contributed by atoms with Crippen molar-refractivity contribution in [1.29, 1.82) is 0 Å². The van der Waals surface area contributed by atoms with Gasteiger partial charge in [-0.3, -0.25) is 4.79 Å². The number of fused-ring (bicyclic) bond motifs is 2. The second kappa shape index (κ2) is 6.71. The number of anilines is 1. The number of carbonyl (C=O) groups excluding carboxylic acids is 2. The van der Waals surface area contributed by atoms with Gasteiger partial charge in [-0.1, -0.05) is 6.07 Å². The molecule has 0 unspecified atom stereocenters. The molecule has 6 nitrogen and oxygen atoms in total. The number of benzene rings is 2. The number of ether oxygens (including phenoxy) is 3. The molecule has 1 N–H and O–H groups in total. The summed E-state index contributed by atoms with van der Waals surface area (Å²) in [7, 11) is 0. The zero-order valence-corrected chi connectivity index (χ0v) is 14.4. The summed E-state index contributed by atoms with van der Waals surface area (Å²) in [5.74, 6) is 0.316. The zero-order valence-electron chi connectivity index (χ0n) is 14.4. The first-order chi connectivity index (χ1) is 12.6. The quantitative estimate of drug-likeness (QED) is 0.855. The maximum atomic E-state index is 12.3. The van der Waals surface area contributed by atoms with Crippen molar-refractivity contribution in [3.05, 3.63) is 53.1 Å². The fourth-order valence-electron chi connectivity index (χ4n) is 3.20. The summed E-state index contributed by atoms with van der Waals surface area (Å²) in [5.41, 5.74) is 3.51. The van der Waals surface area contributed by atoms with E-state index in [1.165, 1.54) is 11.1 Å². The van der Waals surface area contributed by atoms with E-state index < -0.39 is 18.0 Å². The zero-order chi connectivity index (χ0) is 18.1. The number of amides is 1. The topological polar surface area (TPSA) is 73.9 Å². The first-order valence-corrected chi connectivity index (χ1v) is 8.63. The van der Waals surface area contributed by atoms with Gasteiger partial charge in [-0.05, 0) is 61.6 Å². The number of rotatable bonds is 4. The summed E-state index contributed by atoms with van der Waals surface area (Å²) in [4.78, 5) is 24.6. The molecule has 6 heteroatoms. The van der Waals surface area contributed by atoms with Gasteiger partial charge < -0.3 is 19.5 Å². The van der Waals surface area contributed by atoms with E-state index in [-0.39, 0.29) is 6.79 Å². The van der Waals surface area contributed by atoms with Crippen LogP contribution >= 0.6 is 0 Å². The number of carbonyl (C=O) groups is 2. The molecular formula is C20H19NO5. The second-order valence-corrected chi connectivity index (χ2v) is 6.44. The summed E-state index contributed by atoms with van der Waals surface area (Å²) >= 11 is 0. The Kier molecular flexibility index (Phi) is 4.24. The van der Waals surface area contributed by atoms with E-state index in [0.717, 1.165) is 19.3 Å². The first-order valence-electron chi connectivity index (χ1n) is 8.63. The van der Waals surface area contributed by atoms with Crippen LogP contribution in [0.15, 0.2) is 36.4 Å². The molecule has 0 saturated carbocycles. The van der Waals surface area contributed by atoms with Gasteiger partial charge in [0.15, 0.2) is 17.6 Å². The van der Waals surface area contributed by atoms with Crippen LogP contribution in [0.2, 0.25) is 0 Å². The van der Waals surface area contributed by atoms with E-state index in [4.69, 9.17) is 14.2 Å². The van der Waals surface area contributed by atoms with Crippen molar-refractivity contribution < 1.29 is 23.8 Å². The lowest BCUT2D eigenvalue weighted by Crippen LogP contribution is -2.30. The van der Waals surface area contributed by atoms with Crippen LogP contribution in [0.5, 0.6) is 11.5 Å². The number of esters is 1. The summed E-state index contributed by atoms with van der Waals surface area (Å²) < 4.78 is 15.8. The average molecular weight is 353 g/mol. The van der Waals surface area contributed by atoms with Crippen LogP contribution in [0, 0.1) is 0 Å². The maximum absolute atomic E-state index is 12.3. The van der Waals surface area contributed by atoms with Crippen molar-refractivity contribution in [3.8, 4) is 11.5 Å². The van der Waals surface area contributed by atoms with Crippen LogP contribution in [-0.4, -0.2) is 24.8 Å². The van der Waals surface area contributed by atoms with Crippen LogP contribution in [-0.2, 0) is 22.4 Å². The highest BCUT2D eigenvalue weighted by molar-refractivity contribution is 5.97. The molecule has 2 aromatic carbocycles. The SMILES string of the molecule is C[C@@H](OC(=O)c1ccc2c(c1)CCC2)C(=O)Nc1ccc2c(c1)OCO2. The molecule has 1 aliphatic heterocycles. The van der Waals surface area contributed by atoms with Gasteiger partial charge in [0.1, 0.15) is 0 Å². The Morgan fingerprint density at radius 1 is 1.04 bits per heavy atom. The van der Waals surface area contributed by atoms with Crippen molar-refractivity contribution in [3.63, 3.8) is 0 Å². The van der Waals surface area contributed by atoms with Crippen molar-refractivity contribution in [1.82, 2.24) is 0 Å². The predicted molar refractivity (Wildman–Crippen MR) is 94.5 cm³/mol. The van der Waals surface area contributed by atoms with Crippen molar-refractivity contribution >= 4 is 17.6 Å². The minimum absolute atomic E-state index is 0.168. The largest absolute Gasteiger partial charge is 0.454 e. The predicted octanol–water partition coefficient (Wildman–Crippen LogP) is 3.09. The number of nitrogens with one attached hydrogen (secondary N) is 1. The molecule has 0 fully saturated rings. The number of hydrogen-bond acceptors (Lipinski definition) is 5. The smallest absolute Gasteiger partial charge is 0.338 e. The van der Waals surface area contributed by atoms with E-state index in [9.17, 15) is 9.59 Å². The Hall–Kier alpha value is -3.02. The summed E-state index contributed by atoms with van der Waals surface area (Å²) in [5, 5.41) is 2.72. The van der Waals surface area contributed by atoms with Crippen LogP contribution in [0.1, 0.15) is 34.8 Å². The Bertz CT molecular complexity index is 877. The second-order valence-electron chi connectivity index (χ2n) is 6.44. The normalized spacial score (nSPS) is 15.3. The molecule has 0 spiro atoms. The molecule has 1 aliphatic carbocycles. The maximum Gasteiger partial charge on any atom is 0.338 e. The molecule has 1 amide bonds. The van der Waals surface area contributed by atoms with E-state index in [2.05, 4.69) is 5.32 Å². The first kappa shape index (κ1) is 16.4. The minimum atomic E-state index is -0.916. The van der Waals surface area contributed by atoms with Crippen molar-refractivity contribution in [2.45, 2.75) is 32.3 Å². The van der Waals surface area contributed by atoms with Crippen LogP contribution in [0.25, 0.3) is 0 Å². The van der Waals surface area contributed by atoms with Crippen molar-refractivity contribution in [2.75, 3.05) is 12.1 Å².